The maximum atomic E-state index is 13.4. The molecular weight excluding hydrogens is 385 g/mol. The minimum absolute atomic E-state index is 0.0132. The van der Waals surface area contributed by atoms with Crippen molar-refractivity contribution >= 4 is 29.0 Å². The Balaban J connectivity index is 1.68. The minimum Gasteiger partial charge on any atom is -0.368 e. The fourth-order valence-corrected chi connectivity index (χ4v) is 3.17. The summed E-state index contributed by atoms with van der Waals surface area (Å²) in [6.45, 7) is 3.17. The van der Waals surface area contributed by atoms with Gasteiger partial charge in [-0.15, -0.1) is 0 Å². The molecule has 3 rings (SSSR count). The van der Waals surface area contributed by atoms with E-state index in [4.69, 9.17) is 0 Å². The smallest absolute Gasteiger partial charge is 0.368 e. The Labute approximate surface area is 166 Å². The Bertz CT molecular complexity index is 879. The number of urea groups is 1. The molecule has 0 saturated carbocycles. The zero-order chi connectivity index (χ0) is 21.0. The molecule has 1 heterocycles. The predicted octanol–water partition coefficient (Wildman–Crippen LogP) is 4.02. The molecule has 1 aliphatic rings. The quantitative estimate of drug-likeness (QED) is 0.809. The Morgan fingerprint density at radius 1 is 0.931 bits per heavy atom. The summed E-state index contributed by atoms with van der Waals surface area (Å²) in [6.07, 6.45) is -4.68. The zero-order valence-corrected chi connectivity index (χ0v) is 15.8. The molecule has 0 aliphatic carbocycles. The molecule has 9 heteroatoms. The van der Waals surface area contributed by atoms with E-state index in [-0.39, 0.29) is 11.4 Å². The van der Waals surface area contributed by atoms with E-state index in [1.54, 1.807) is 0 Å². The van der Waals surface area contributed by atoms with Crippen LogP contribution in [0.1, 0.15) is 12.5 Å². The van der Waals surface area contributed by atoms with Gasteiger partial charge in [-0.05, 0) is 30.3 Å². The van der Waals surface area contributed by atoms with Gasteiger partial charge in [-0.1, -0.05) is 18.2 Å². The van der Waals surface area contributed by atoms with Gasteiger partial charge in [-0.2, -0.15) is 13.2 Å². The molecule has 0 atom stereocenters. The lowest BCUT2D eigenvalue weighted by Gasteiger charge is -2.36. The van der Waals surface area contributed by atoms with Crippen molar-refractivity contribution in [3.63, 3.8) is 0 Å². The van der Waals surface area contributed by atoms with Crippen molar-refractivity contribution < 1.29 is 22.8 Å². The molecule has 3 amide bonds. The summed E-state index contributed by atoms with van der Waals surface area (Å²) in [5, 5.41) is 4.67. The van der Waals surface area contributed by atoms with E-state index in [9.17, 15) is 22.8 Å². The van der Waals surface area contributed by atoms with Gasteiger partial charge in [0.2, 0.25) is 5.91 Å². The van der Waals surface area contributed by atoms with Crippen LogP contribution < -0.4 is 15.5 Å². The number of anilines is 3. The number of carbonyl (C=O) groups is 2. The number of halogens is 3. The third-order valence-electron chi connectivity index (χ3n) is 4.58. The standard InChI is InChI=1S/C20H21F3N4O2/c1-14(28)24-15-7-8-18(17(13-15)20(21,22)23)25-19(29)27-11-9-26(10-12-27)16-5-3-2-4-6-16/h2-8,13H,9-12H2,1H3,(H,24,28)(H,25,29). The Kier molecular flexibility index (Phi) is 5.95. The number of amides is 3. The van der Waals surface area contributed by atoms with Crippen LogP contribution >= 0.6 is 0 Å². The average Bonchev–Trinajstić information content (AvgIpc) is 2.68. The number of benzene rings is 2. The van der Waals surface area contributed by atoms with Gasteiger partial charge in [0.25, 0.3) is 0 Å². The first-order valence-corrected chi connectivity index (χ1v) is 9.09. The number of carbonyl (C=O) groups excluding carboxylic acids is 2. The van der Waals surface area contributed by atoms with E-state index < -0.39 is 23.7 Å². The molecule has 0 spiro atoms. The summed E-state index contributed by atoms with van der Waals surface area (Å²) in [7, 11) is 0. The first-order chi connectivity index (χ1) is 13.7. The number of hydrogen-bond acceptors (Lipinski definition) is 3. The summed E-state index contributed by atoms with van der Waals surface area (Å²) in [6, 6.07) is 12.4. The van der Waals surface area contributed by atoms with E-state index in [1.165, 1.54) is 17.9 Å². The molecule has 0 bridgehead atoms. The molecule has 0 aromatic heterocycles. The second-order valence-electron chi connectivity index (χ2n) is 6.68. The van der Waals surface area contributed by atoms with E-state index in [2.05, 4.69) is 15.5 Å². The Morgan fingerprint density at radius 3 is 2.17 bits per heavy atom. The van der Waals surface area contributed by atoms with Gasteiger partial charge in [0.1, 0.15) is 0 Å². The molecule has 2 aromatic carbocycles. The largest absolute Gasteiger partial charge is 0.418 e. The van der Waals surface area contributed by atoms with Gasteiger partial charge in [-0.3, -0.25) is 4.79 Å². The molecular formula is C20H21F3N4O2. The topological polar surface area (TPSA) is 64.7 Å². The van der Waals surface area contributed by atoms with Crippen LogP contribution in [0.3, 0.4) is 0 Å². The lowest BCUT2D eigenvalue weighted by Crippen LogP contribution is -2.50. The van der Waals surface area contributed by atoms with E-state index >= 15 is 0 Å². The second-order valence-corrected chi connectivity index (χ2v) is 6.68. The van der Waals surface area contributed by atoms with Crippen molar-refractivity contribution in [1.82, 2.24) is 4.90 Å². The van der Waals surface area contributed by atoms with Gasteiger partial charge in [0.15, 0.2) is 0 Å². The summed E-state index contributed by atoms with van der Waals surface area (Å²) in [4.78, 5) is 27.2. The molecule has 154 valence electrons. The van der Waals surface area contributed by atoms with Crippen LogP contribution in [0, 0.1) is 0 Å². The third kappa shape index (κ3) is 5.18. The molecule has 1 aliphatic heterocycles. The molecule has 0 radical (unpaired) electrons. The fourth-order valence-electron chi connectivity index (χ4n) is 3.17. The highest BCUT2D eigenvalue weighted by atomic mass is 19.4. The van der Waals surface area contributed by atoms with E-state index in [0.717, 1.165) is 17.8 Å². The fraction of sp³-hybridized carbons (Fsp3) is 0.300. The van der Waals surface area contributed by atoms with Gasteiger partial charge in [0.05, 0.1) is 11.3 Å². The number of alkyl halides is 3. The number of nitrogens with one attached hydrogen (secondary N) is 2. The molecule has 2 N–H and O–H groups in total. The molecule has 1 fully saturated rings. The first-order valence-electron chi connectivity index (χ1n) is 9.09. The molecule has 29 heavy (non-hydrogen) atoms. The summed E-state index contributed by atoms with van der Waals surface area (Å²) in [5.41, 5.74) is -0.304. The van der Waals surface area contributed by atoms with Crippen molar-refractivity contribution in [3.05, 3.63) is 54.1 Å². The average molecular weight is 406 g/mol. The van der Waals surface area contributed by atoms with Crippen molar-refractivity contribution in [1.29, 1.82) is 0 Å². The summed E-state index contributed by atoms with van der Waals surface area (Å²) >= 11 is 0. The van der Waals surface area contributed by atoms with Gasteiger partial charge in [-0.25, -0.2) is 4.79 Å². The number of para-hydroxylation sites is 1. The molecule has 1 saturated heterocycles. The van der Waals surface area contributed by atoms with Gasteiger partial charge < -0.3 is 20.4 Å². The SMILES string of the molecule is CC(=O)Nc1ccc(NC(=O)N2CCN(c3ccccc3)CC2)c(C(F)(F)F)c1. The highest BCUT2D eigenvalue weighted by molar-refractivity contribution is 5.92. The maximum absolute atomic E-state index is 13.4. The van der Waals surface area contributed by atoms with E-state index in [1.807, 2.05) is 30.3 Å². The van der Waals surface area contributed by atoms with Crippen LogP contribution in [0.15, 0.2) is 48.5 Å². The predicted molar refractivity (Wildman–Crippen MR) is 105 cm³/mol. The molecule has 2 aromatic rings. The lowest BCUT2D eigenvalue weighted by atomic mass is 10.1. The summed E-state index contributed by atoms with van der Waals surface area (Å²) in [5.74, 6) is -0.480. The summed E-state index contributed by atoms with van der Waals surface area (Å²) < 4.78 is 40.2. The maximum Gasteiger partial charge on any atom is 0.418 e. The van der Waals surface area contributed by atoms with Crippen LogP contribution in [-0.2, 0) is 11.0 Å². The Morgan fingerprint density at radius 2 is 1.59 bits per heavy atom. The van der Waals surface area contributed by atoms with Gasteiger partial charge in [0, 0.05) is 44.5 Å². The second kappa shape index (κ2) is 8.42. The number of rotatable bonds is 3. The van der Waals surface area contributed by atoms with Crippen molar-refractivity contribution in [3.8, 4) is 0 Å². The van der Waals surface area contributed by atoms with Crippen molar-refractivity contribution in [2.75, 3.05) is 41.7 Å². The van der Waals surface area contributed by atoms with Crippen LogP contribution in [0.25, 0.3) is 0 Å². The lowest BCUT2D eigenvalue weighted by molar-refractivity contribution is -0.137. The normalized spacial score (nSPS) is 14.5. The zero-order valence-electron chi connectivity index (χ0n) is 15.8. The molecule has 6 nitrogen and oxygen atoms in total. The van der Waals surface area contributed by atoms with Crippen molar-refractivity contribution in [2.24, 2.45) is 0 Å². The number of nitrogens with zero attached hydrogens (tertiary/aromatic N) is 2. The van der Waals surface area contributed by atoms with Crippen molar-refractivity contribution in [2.45, 2.75) is 13.1 Å². The molecule has 0 unspecified atom stereocenters. The van der Waals surface area contributed by atoms with E-state index in [0.29, 0.717) is 26.2 Å². The Hall–Kier alpha value is -3.23. The highest BCUT2D eigenvalue weighted by Gasteiger charge is 2.35. The van der Waals surface area contributed by atoms with Crippen LogP contribution in [-0.4, -0.2) is 43.0 Å². The first kappa shape index (κ1) is 20.5. The monoisotopic (exact) mass is 406 g/mol. The number of hydrogen-bond donors (Lipinski definition) is 2. The van der Waals surface area contributed by atoms with Crippen LogP contribution in [0.5, 0.6) is 0 Å². The number of piperazine rings is 1. The minimum atomic E-state index is -4.68. The third-order valence-corrected chi connectivity index (χ3v) is 4.58. The van der Waals surface area contributed by atoms with Gasteiger partial charge >= 0.3 is 12.2 Å². The highest BCUT2D eigenvalue weighted by Crippen LogP contribution is 2.36. The van der Waals surface area contributed by atoms with Crippen LogP contribution in [0.2, 0.25) is 0 Å². The van der Waals surface area contributed by atoms with Crippen LogP contribution in [0.4, 0.5) is 35.0 Å².